The fraction of sp³-hybridized carbons (Fsp3) is 0.0952. The predicted octanol–water partition coefficient (Wildman–Crippen LogP) is 4.58. The smallest absolute Gasteiger partial charge is 0.195 e. The van der Waals surface area contributed by atoms with Gasteiger partial charge in [-0.3, -0.25) is 4.79 Å². The van der Waals surface area contributed by atoms with Gasteiger partial charge in [0.05, 0.1) is 0 Å². The molecule has 0 aliphatic carbocycles. The Kier molecular flexibility index (Phi) is 4.35. The van der Waals surface area contributed by atoms with Gasteiger partial charge in [-0.05, 0) is 41.3 Å². The second kappa shape index (κ2) is 6.59. The number of ketones is 1. The molecule has 0 radical (unpaired) electrons. The second-order valence-electron chi connectivity index (χ2n) is 5.63. The minimum Gasteiger partial charge on any atom is -0.380 e. The van der Waals surface area contributed by atoms with Gasteiger partial charge in [0.2, 0.25) is 0 Å². The molecule has 0 amide bonds. The van der Waals surface area contributed by atoms with Gasteiger partial charge in [0.1, 0.15) is 6.10 Å². The van der Waals surface area contributed by atoms with Crippen molar-refractivity contribution >= 4 is 5.78 Å². The average Bonchev–Trinajstić information content (AvgIpc) is 2.61. The van der Waals surface area contributed by atoms with Crippen LogP contribution in [0.2, 0.25) is 0 Å². The minimum absolute atomic E-state index is 0.280. The summed E-state index contributed by atoms with van der Waals surface area (Å²) in [6, 6.07) is 24.6. The van der Waals surface area contributed by atoms with Gasteiger partial charge >= 0.3 is 0 Å². The van der Waals surface area contributed by atoms with E-state index in [0.29, 0.717) is 11.1 Å². The summed E-state index contributed by atoms with van der Waals surface area (Å²) in [5, 5.41) is 10.3. The van der Waals surface area contributed by atoms with Gasteiger partial charge in [-0.25, -0.2) is 0 Å². The molecule has 0 spiro atoms. The highest BCUT2D eigenvalue weighted by Crippen LogP contribution is 2.25. The largest absolute Gasteiger partial charge is 0.380 e. The number of carbonyl (C=O) groups excluding carboxylic acids is 1. The summed E-state index contributed by atoms with van der Waals surface area (Å²) in [5.41, 5.74) is 4.17. The molecule has 2 nitrogen and oxygen atoms in total. The zero-order valence-corrected chi connectivity index (χ0v) is 12.9. The third kappa shape index (κ3) is 3.38. The lowest BCUT2D eigenvalue weighted by atomic mass is 9.95. The van der Waals surface area contributed by atoms with E-state index in [-0.39, 0.29) is 5.78 Å². The number of carbonyl (C=O) groups is 1. The first-order valence-corrected chi connectivity index (χ1v) is 7.59. The molecule has 1 N–H and O–H groups in total. The van der Waals surface area contributed by atoms with Gasteiger partial charge in [-0.15, -0.1) is 0 Å². The molecule has 0 saturated carbocycles. The van der Waals surface area contributed by atoms with Crippen molar-refractivity contribution in [2.24, 2.45) is 0 Å². The molecular formula is C21H18O2. The Hall–Kier alpha value is -2.71. The number of hydrogen-bond acceptors (Lipinski definition) is 2. The highest BCUT2D eigenvalue weighted by molar-refractivity contribution is 6.01. The number of aryl methyl sites for hydroxylation is 1. The zero-order valence-electron chi connectivity index (χ0n) is 12.9. The van der Waals surface area contributed by atoms with E-state index >= 15 is 0 Å². The molecule has 2 heteroatoms. The van der Waals surface area contributed by atoms with Crippen molar-refractivity contribution in [1.29, 1.82) is 0 Å². The topological polar surface area (TPSA) is 37.3 Å². The Balaban J connectivity index is 1.97. The number of benzene rings is 3. The molecule has 0 bridgehead atoms. The minimum atomic E-state index is -1.14. The van der Waals surface area contributed by atoms with Gasteiger partial charge in [0.15, 0.2) is 5.78 Å². The molecule has 0 fully saturated rings. The Labute approximate surface area is 136 Å². The van der Waals surface area contributed by atoms with Crippen LogP contribution in [0.1, 0.15) is 27.6 Å². The number of hydrogen-bond donors (Lipinski definition) is 1. The summed E-state index contributed by atoms with van der Waals surface area (Å²) < 4.78 is 0. The first-order valence-electron chi connectivity index (χ1n) is 7.59. The van der Waals surface area contributed by atoms with Crippen LogP contribution in [0.4, 0.5) is 0 Å². The molecule has 0 heterocycles. The van der Waals surface area contributed by atoms with Crippen LogP contribution in [-0.4, -0.2) is 10.9 Å². The number of aliphatic hydroxyl groups is 1. The molecule has 1 unspecified atom stereocenters. The van der Waals surface area contributed by atoms with Crippen molar-refractivity contribution in [3.05, 3.63) is 95.6 Å². The van der Waals surface area contributed by atoms with Gasteiger partial charge < -0.3 is 5.11 Å². The van der Waals surface area contributed by atoms with Crippen LogP contribution in [0.5, 0.6) is 0 Å². The second-order valence-corrected chi connectivity index (χ2v) is 5.63. The van der Waals surface area contributed by atoms with Crippen LogP contribution in [0.3, 0.4) is 0 Å². The van der Waals surface area contributed by atoms with E-state index in [1.54, 1.807) is 12.1 Å². The fourth-order valence-electron chi connectivity index (χ4n) is 2.67. The lowest BCUT2D eigenvalue weighted by molar-refractivity contribution is 0.0747. The van der Waals surface area contributed by atoms with Crippen LogP contribution < -0.4 is 0 Å². The summed E-state index contributed by atoms with van der Waals surface area (Å²) >= 11 is 0. The Bertz CT molecular complexity index is 808. The van der Waals surface area contributed by atoms with Crippen molar-refractivity contribution < 1.29 is 9.90 Å². The molecule has 3 rings (SSSR count). The maximum atomic E-state index is 12.6. The van der Waals surface area contributed by atoms with Gasteiger partial charge in [-0.2, -0.15) is 0 Å². The van der Waals surface area contributed by atoms with E-state index < -0.39 is 6.10 Å². The molecule has 0 aliphatic rings. The van der Waals surface area contributed by atoms with Crippen molar-refractivity contribution in [3.63, 3.8) is 0 Å². The molecular weight excluding hydrogens is 284 g/mol. The lowest BCUT2D eigenvalue weighted by Crippen LogP contribution is -2.12. The predicted molar refractivity (Wildman–Crippen MR) is 92.3 cm³/mol. The van der Waals surface area contributed by atoms with E-state index in [9.17, 15) is 9.90 Å². The van der Waals surface area contributed by atoms with E-state index in [4.69, 9.17) is 0 Å². The van der Waals surface area contributed by atoms with Crippen molar-refractivity contribution in [2.75, 3.05) is 0 Å². The highest BCUT2D eigenvalue weighted by Gasteiger charge is 2.19. The van der Waals surface area contributed by atoms with Crippen LogP contribution in [0.15, 0.2) is 78.9 Å². The third-order valence-electron chi connectivity index (χ3n) is 3.83. The molecule has 114 valence electrons. The van der Waals surface area contributed by atoms with E-state index in [0.717, 1.165) is 16.7 Å². The highest BCUT2D eigenvalue weighted by atomic mass is 16.3. The maximum absolute atomic E-state index is 12.6. The standard InChI is InChI=1S/C21H18O2/c1-15-12-18(16-8-4-2-5-9-16)14-19(13-15)21(23)20(22)17-10-6-3-7-11-17/h2-14,20,22H,1H3. The normalized spacial score (nSPS) is 11.9. The Morgan fingerprint density at radius 3 is 2.09 bits per heavy atom. The summed E-state index contributed by atoms with van der Waals surface area (Å²) in [7, 11) is 0. The number of rotatable bonds is 4. The molecule has 1 atom stereocenters. The third-order valence-corrected chi connectivity index (χ3v) is 3.83. The molecule has 0 saturated heterocycles. The molecule has 0 aromatic heterocycles. The van der Waals surface area contributed by atoms with Crippen LogP contribution in [0.25, 0.3) is 11.1 Å². The first kappa shape index (κ1) is 15.2. The van der Waals surface area contributed by atoms with Crippen molar-refractivity contribution in [1.82, 2.24) is 0 Å². The summed E-state index contributed by atoms with van der Waals surface area (Å²) in [6.45, 7) is 1.96. The monoisotopic (exact) mass is 302 g/mol. The fourth-order valence-corrected chi connectivity index (χ4v) is 2.67. The Morgan fingerprint density at radius 2 is 1.43 bits per heavy atom. The average molecular weight is 302 g/mol. The van der Waals surface area contributed by atoms with Crippen molar-refractivity contribution in [2.45, 2.75) is 13.0 Å². The van der Waals surface area contributed by atoms with Gasteiger partial charge in [-0.1, -0.05) is 66.7 Å². The van der Waals surface area contributed by atoms with Crippen LogP contribution in [0, 0.1) is 6.92 Å². The number of Topliss-reactive ketones (excluding diaryl/α,β-unsaturated/α-hetero) is 1. The summed E-state index contributed by atoms with van der Waals surface area (Å²) in [6.07, 6.45) is -1.14. The van der Waals surface area contributed by atoms with Gasteiger partial charge in [0.25, 0.3) is 0 Å². The van der Waals surface area contributed by atoms with Crippen LogP contribution >= 0.6 is 0 Å². The first-order chi connectivity index (χ1) is 11.1. The van der Waals surface area contributed by atoms with Crippen LogP contribution in [-0.2, 0) is 0 Å². The molecule has 3 aromatic carbocycles. The molecule has 23 heavy (non-hydrogen) atoms. The van der Waals surface area contributed by atoms with E-state index in [1.807, 2.05) is 73.7 Å². The van der Waals surface area contributed by atoms with E-state index in [2.05, 4.69) is 0 Å². The van der Waals surface area contributed by atoms with E-state index in [1.165, 1.54) is 0 Å². The summed E-state index contributed by atoms with van der Waals surface area (Å²) in [4.78, 5) is 12.6. The lowest BCUT2D eigenvalue weighted by Gasteiger charge is -2.12. The Morgan fingerprint density at radius 1 is 0.826 bits per heavy atom. The molecule has 0 aliphatic heterocycles. The SMILES string of the molecule is Cc1cc(C(=O)C(O)c2ccccc2)cc(-c2ccccc2)c1. The number of aliphatic hydroxyl groups excluding tert-OH is 1. The molecule has 3 aromatic rings. The maximum Gasteiger partial charge on any atom is 0.195 e. The summed E-state index contributed by atoms with van der Waals surface area (Å²) in [5.74, 6) is -0.280. The zero-order chi connectivity index (χ0) is 16.2. The quantitative estimate of drug-likeness (QED) is 0.716. The van der Waals surface area contributed by atoms with Crippen molar-refractivity contribution in [3.8, 4) is 11.1 Å². The van der Waals surface area contributed by atoms with Gasteiger partial charge in [0, 0.05) is 5.56 Å².